The van der Waals surface area contributed by atoms with Crippen LogP contribution in [0, 0.1) is 0 Å². The minimum atomic E-state index is -2.88. The van der Waals surface area contributed by atoms with Gasteiger partial charge >= 0.3 is 0 Å². The van der Waals surface area contributed by atoms with Gasteiger partial charge in [0.25, 0.3) is 13.3 Å². The summed E-state index contributed by atoms with van der Waals surface area (Å²) in [5.41, 5.74) is -0.743. The molecule has 0 spiro atoms. The second-order valence-corrected chi connectivity index (χ2v) is 18.2. The lowest BCUT2D eigenvalue weighted by Crippen LogP contribution is -2.43. The Morgan fingerprint density at radius 2 is 0.742 bits per heavy atom. The van der Waals surface area contributed by atoms with Crippen LogP contribution >= 0.6 is 25.4 Å². The van der Waals surface area contributed by atoms with Crippen LogP contribution < -0.4 is 0 Å². The zero-order valence-electron chi connectivity index (χ0n) is 22.0. The molecular formula is C20H46N2O4P2S3. The fourth-order valence-electron chi connectivity index (χ4n) is 2.43. The van der Waals surface area contributed by atoms with Gasteiger partial charge in [0, 0.05) is 23.2 Å². The molecule has 0 rings (SSSR count). The molecular weight excluding hydrogens is 490 g/mol. The largest absolute Gasteiger partial charge is 0.314 e. The summed E-state index contributed by atoms with van der Waals surface area (Å²) in [7, 11) is 0. The molecule has 0 N–H and O–H groups in total. The highest BCUT2D eigenvalue weighted by Gasteiger charge is 2.47. The van der Waals surface area contributed by atoms with E-state index in [4.69, 9.17) is 41.7 Å². The van der Waals surface area contributed by atoms with Crippen LogP contribution in [0.25, 0.3) is 0 Å². The monoisotopic (exact) mass is 536 g/mol. The molecule has 6 nitrogen and oxygen atoms in total. The Hall–Kier alpha value is 1.41. The van der Waals surface area contributed by atoms with E-state index in [-0.39, 0.29) is 35.5 Å². The van der Waals surface area contributed by atoms with E-state index < -0.39 is 13.3 Å². The normalized spacial score (nSPS) is 14.8. The van der Waals surface area contributed by atoms with E-state index in [1.165, 1.54) is 12.1 Å². The molecule has 0 unspecified atom stereocenters. The Balaban J connectivity index is 6.63. The van der Waals surface area contributed by atoms with Gasteiger partial charge in [0.15, 0.2) is 0 Å². The third kappa shape index (κ3) is 11.1. The molecule has 0 fully saturated rings. The molecule has 0 radical (unpaired) electrons. The van der Waals surface area contributed by atoms with Crippen LogP contribution in [-0.4, -0.2) is 43.6 Å². The number of hydrogen-bond acceptors (Lipinski definition) is 7. The molecule has 188 valence electrons. The lowest BCUT2D eigenvalue weighted by atomic mass is 10.1. The van der Waals surface area contributed by atoms with Gasteiger partial charge in [-0.1, -0.05) is 0 Å². The molecule has 11 heteroatoms. The molecule has 0 saturated heterocycles. The minimum Gasteiger partial charge on any atom is -0.314 e. The first-order valence-corrected chi connectivity index (χ1v) is 16.8. The highest BCUT2D eigenvalue weighted by atomic mass is 32.5. The van der Waals surface area contributed by atoms with Crippen LogP contribution in [-0.2, 0) is 41.7 Å². The molecule has 0 heterocycles. The first kappa shape index (κ1) is 32.4. The number of rotatable bonds is 12. The van der Waals surface area contributed by atoms with Gasteiger partial charge < -0.3 is 18.1 Å². The van der Waals surface area contributed by atoms with Gasteiger partial charge in [0.05, 0.1) is 24.4 Å². The molecule has 0 bridgehead atoms. The van der Waals surface area contributed by atoms with Gasteiger partial charge in [-0.2, -0.15) is 8.15 Å². The lowest BCUT2D eigenvalue weighted by Gasteiger charge is -2.49. The second kappa shape index (κ2) is 12.4. The van der Waals surface area contributed by atoms with Crippen molar-refractivity contribution in [3.05, 3.63) is 0 Å². The molecule has 0 aromatic rings. The lowest BCUT2D eigenvalue weighted by molar-refractivity contribution is 0.137. The maximum Gasteiger partial charge on any atom is 0.275 e. The Kier molecular flexibility index (Phi) is 13.0. The highest BCUT2D eigenvalue weighted by molar-refractivity contribution is 8.19. The van der Waals surface area contributed by atoms with Crippen molar-refractivity contribution in [3.8, 4) is 0 Å². The summed E-state index contributed by atoms with van der Waals surface area (Å²) in [6.45, 7) is 22.7. The van der Waals surface area contributed by atoms with Crippen LogP contribution in [0.2, 0.25) is 0 Å². The minimum absolute atomic E-state index is 0.0833. The first-order valence-electron chi connectivity index (χ1n) is 10.9. The topological polar surface area (TPSA) is 43.4 Å². The zero-order chi connectivity index (χ0) is 25.0. The smallest absolute Gasteiger partial charge is 0.275 e. The van der Waals surface area contributed by atoms with E-state index in [0.29, 0.717) is 0 Å². The molecule has 0 aliphatic rings. The van der Waals surface area contributed by atoms with Crippen molar-refractivity contribution >= 4 is 49.0 Å². The van der Waals surface area contributed by atoms with Crippen molar-refractivity contribution in [2.24, 2.45) is 0 Å². The summed E-state index contributed by atoms with van der Waals surface area (Å²) in [5, 5.41) is 0. The summed E-state index contributed by atoms with van der Waals surface area (Å²) in [6, 6.07) is 0. The van der Waals surface area contributed by atoms with Gasteiger partial charge in [0.1, 0.15) is 0 Å². The summed E-state index contributed by atoms with van der Waals surface area (Å²) in [4.78, 5) is 0. The Labute approximate surface area is 207 Å². The van der Waals surface area contributed by atoms with E-state index in [1.54, 1.807) is 0 Å². The van der Waals surface area contributed by atoms with E-state index >= 15 is 0 Å². The third-order valence-corrected chi connectivity index (χ3v) is 13.7. The summed E-state index contributed by atoms with van der Waals surface area (Å²) in [5.74, 6) is 0. The van der Waals surface area contributed by atoms with Crippen molar-refractivity contribution in [3.63, 3.8) is 0 Å². The van der Waals surface area contributed by atoms with Crippen LogP contribution in [0.4, 0.5) is 0 Å². The third-order valence-electron chi connectivity index (χ3n) is 3.12. The fraction of sp³-hybridized carbons (Fsp3) is 1.00. The quantitative estimate of drug-likeness (QED) is 0.183. The van der Waals surface area contributed by atoms with E-state index in [9.17, 15) is 0 Å². The van der Waals surface area contributed by atoms with Crippen LogP contribution in [0.3, 0.4) is 0 Å². The molecule has 0 saturated carbocycles. The molecule has 0 aromatic heterocycles. The molecule has 0 aromatic carbocycles. The molecule has 0 amide bonds. The van der Waals surface area contributed by atoms with E-state index in [0.717, 1.165) is 0 Å². The molecule has 31 heavy (non-hydrogen) atoms. The standard InChI is InChI=1S/C20H46N2O4P2S3/c1-15(2)23-27(29,24-16(3)4)21(19(9,10)11)31-22(20(12,13)14)28(30,25-17(5)6)26-18(7)8/h15-18H,1-14H3. The van der Waals surface area contributed by atoms with Gasteiger partial charge in [-0.3, -0.25) is 0 Å². The Morgan fingerprint density at radius 3 is 0.871 bits per heavy atom. The second-order valence-electron chi connectivity index (χ2n) is 10.5. The molecule has 0 aliphatic heterocycles. The maximum absolute atomic E-state index is 6.30. The van der Waals surface area contributed by atoms with Gasteiger partial charge in [-0.05, 0) is 121 Å². The van der Waals surface area contributed by atoms with Crippen molar-refractivity contribution in [1.82, 2.24) is 8.15 Å². The van der Waals surface area contributed by atoms with Crippen molar-refractivity contribution in [2.45, 2.75) is 132 Å². The fourth-order valence-corrected chi connectivity index (χ4v) is 13.0. The van der Waals surface area contributed by atoms with Gasteiger partial charge in [-0.25, -0.2) is 0 Å². The van der Waals surface area contributed by atoms with E-state index in [1.807, 2.05) is 55.4 Å². The van der Waals surface area contributed by atoms with Crippen LogP contribution in [0.5, 0.6) is 0 Å². The number of nitrogens with zero attached hydrogens (tertiary/aromatic N) is 2. The summed E-state index contributed by atoms with van der Waals surface area (Å²) in [6.07, 6.45) is -0.333. The average molecular weight is 537 g/mol. The van der Waals surface area contributed by atoms with Crippen molar-refractivity contribution < 1.29 is 18.1 Å². The maximum atomic E-state index is 6.30. The molecule has 0 aliphatic carbocycles. The van der Waals surface area contributed by atoms with Crippen LogP contribution in [0.15, 0.2) is 0 Å². The Morgan fingerprint density at radius 1 is 0.548 bits per heavy atom. The Bertz CT molecular complexity index is 565. The highest BCUT2D eigenvalue weighted by Crippen LogP contribution is 2.68. The predicted molar refractivity (Wildman–Crippen MR) is 144 cm³/mol. The van der Waals surface area contributed by atoms with Gasteiger partial charge in [0.2, 0.25) is 0 Å². The van der Waals surface area contributed by atoms with Crippen molar-refractivity contribution in [1.29, 1.82) is 0 Å². The van der Waals surface area contributed by atoms with E-state index in [2.05, 4.69) is 49.7 Å². The van der Waals surface area contributed by atoms with Gasteiger partial charge in [-0.15, -0.1) is 0 Å². The molecule has 0 atom stereocenters. The predicted octanol–water partition coefficient (Wildman–Crippen LogP) is 7.90. The summed E-state index contributed by atoms with van der Waals surface area (Å²) < 4.78 is 29.3. The van der Waals surface area contributed by atoms with Crippen LogP contribution in [0.1, 0.15) is 96.9 Å². The first-order chi connectivity index (χ1) is 13.6. The zero-order valence-corrected chi connectivity index (χ0v) is 26.2. The number of hydrogen-bond donors (Lipinski definition) is 0. The average Bonchev–Trinajstić information content (AvgIpc) is 2.39. The summed E-state index contributed by atoms with van der Waals surface area (Å²) >= 11 is 13.7. The SMILES string of the molecule is CC(C)OP(=S)(OC(C)C)N(SN(C(C)(C)C)P(=S)(OC(C)C)OC(C)C)C(C)(C)C. The van der Waals surface area contributed by atoms with Crippen molar-refractivity contribution in [2.75, 3.05) is 0 Å².